The Morgan fingerprint density at radius 3 is 2.83 bits per heavy atom. The zero-order valence-corrected chi connectivity index (χ0v) is 10.3. The van der Waals surface area contributed by atoms with Crippen molar-refractivity contribution in [1.29, 1.82) is 5.26 Å². The van der Waals surface area contributed by atoms with Gasteiger partial charge in [-0.15, -0.1) is 0 Å². The number of carbonyl (C=O) groups is 1. The lowest BCUT2D eigenvalue weighted by Gasteiger charge is -2.09. The molecule has 0 aromatic heterocycles. The minimum absolute atomic E-state index is 0.105. The average molecular weight is 243 g/mol. The molecule has 1 aromatic carbocycles. The molecule has 1 aliphatic rings. The predicted octanol–water partition coefficient (Wildman–Crippen LogP) is 1.17. The topological polar surface area (TPSA) is 64.9 Å². The van der Waals surface area contributed by atoms with Crippen molar-refractivity contribution in [2.24, 2.45) is 5.92 Å². The van der Waals surface area contributed by atoms with Crippen LogP contribution in [0.1, 0.15) is 24.0 Å². The number of nitrogens with zero attached hydrogens (tertiary/aromatic N) is 1. The summed E-state index contributed by atoms with van der Waals surface area (Å²) in [7, 11) is 0. The number of rotatable bonds is 4. The van der Waals surface area contributed by atoms with Crippen LogP contribution in [0, 0.1) is 17.2 Å². The zero-order valence-electron chi connectivity index (χ0n) is 10.3. The molecule has 0 aliphatic carbocycles. The first kappa shape index (κ1) is 12.6. The van der Waals surface area contributed by atoms with Gasteiger partial charge in [0.2, 0.25) is 5.91 Å². The van der Waals surface area contributed by atoms with Crippen LogP contribution in [0.4, 0.5) is 0 Å². The van der Waals surface area contributed by atoms with E-state index in [1.54, 1.807) is 12.1 Å². The molecule has 18 heavy (non-hydrogen) atoms. The van der Waals surface area contributed by atoms with Crippen molar-refractivity contribution in [1.82, 2.24) is 10.6 Å². The summed E-state index contributed by atoms with van der Waals surface area (Å²) in [5.74, 6) is 0.582. The Morgan fingerprint density at radius 2 is 2.22 bits per heavy atom. The Labute approximate surface area is 107 Å². The summed E-state index contributed by atoms with van der Waals surface area (Å²) in [6.45, 7) is 2.50. The van der Waals surface area contributed by atoms with Crippen LogP contribution in [-0.2, 0) is 11.3 Å². The summed E-state index contributed by atoms with van der Waals surface area (Å²) in [6.07, 6.45) is 1.69. The standard InChI is InChI=1S/C14H17N3O/c15-8-11-1-3-12(4-2-11)10-17-14(18)7-13-5-6-16-9-13/h1-4,13,16H,5-7,9-10H2,(H,17,18). The molecule has 4 heteroatoms. The van der Waals surface area contributed by atoms with Crippen molar-refractivity contribution >= 4 is 5.91 Å². The maximum absolute atomic E-state index is 11.7. The first-order chi connectivity index (χ1) is 8.78. The van der Waals surface area contributed by atoms with E-state index in [0.717, 1.165) is 25.1 Å². The first-order valence-electron chi connectivity index (χ1n) is 6.24. The van der Waals surface area contributed by atoms with E-state index < -0.39 is 0 Å². The van der Waals surface area contributed by atoms with Gasteiger partial charge in [0, 0.05) is 13.0 Å². The van der Waals surface area contributed by atoms with E-state index in [1.165, 1.54) is 0 Å². The molecule has 2 N–H and O–H groups in total. The van der Waals surface area contributed by atoms with Crippen LogP contribution >= 0.6 is 0 Å². The molecule has 1 aliphatic heterocycles. The third kappa shape index (κ3) is 3.57. The number of hydrogen-bond donors (Lipinski definition) is 2. The van der Waals surface area contributed by atoms with Gasteiger partial charge in [-0.2, -0.15) is 5.26 Å². The first-order valence-corrected chi connectivity index (χ1v) is 6.24. The molecule has 1 heterocycles. The molecule has 4 nitrogen and oxygen atoms in total. The predicted molar refractivity (Wildman–Crippen MR) is 68.6 cm³/mol. The van der Waals surface area contributed by atoms with Crippen molar-refractivity contribution in [3.05, 3.63) is 35.4 Å². The van der Waals surface area contributed by atoms with Crippen LogP contribution in [0.2, 0.25) is 0 Å². The van der Waals surface area contributed by atoms with Crippen LogP contribution in [0.15, 0.2) is 24.3 Å². The molecule has 0 spiro atoms. The number of amides is 1. The summed E-state index contributed by atoms with van der Waals surface area (Å²) in [5.41, 5.74) is 1.66. The van der Waals surface area contributed by atoms with E-state index in [2.05, 4.69) is 16.7 Å². The van der Waals surface area contributed by atoms with Gasteiger partial charge in [0.25, 0.3) is 0 Å². The fourth-order valence-corrected chi connectivity index (χ4v) is 2.12. The lowest BCUT2D eigenvalue weighted by atomic mass is 10.0. The van der Waals surface area contributed by atoms with Crippen molar-refractivity contribution in [2.75, 3.05) is 13.1 Å². The Bertz CT molecular complexity index is 441. The highest BCUT2D eigenvalue weighted by molar-refractivity contribution is 5.76. The van der Waals surface area contributed by atoms with E-state index in [1.807, 2.05) is 12.1 Å². The molecule has 0 saturated carbocycles. The van der Waals surface area contributed by atoms with Gasteiger partial charge in [-0.3, -0.25) is 4.79 Å². The van der Waals surface area contributed by atoms with E-state index in [4.69, 9.17) is 5.26 Å². The molecule has 0 bridgehead atoms. The minimum atomic E-state index is 0.105. The van der Waals surface area contributed by atoms with Gasteiger partial charge in [-0.1, -0.05) is 12.1 Å². The van der Waals surface area contributed by atoms with Crippen LogP contribution in [0.5, 0.6) is 0 Å². The Balaban J connectivity index is 1.76. The van der Waals surface area contributed by atoms with Crippen molar-refractivity contribution in [3.63, 3.8) is 0 Å². The minimum Gasteiger partial charge on any atom is -0.352 e. The van der Waals surface area contributed by atoms with Crippen LogP contribution in [0.25, 0.3) is 0 Å². The summed E-state index contributed by atoms with van der Waals surface area (Å²) < 4.78 is 0. The fraction of sp³-hybridized carbons (Fsp3) is 0.429. The highest BCUT2D eigenvalue weighted by Gasteiger charge is 2.17. The molecule has 1 unspecified atom stereocenters. The van der Waals surface area contributed by atoms with Gasteiger partial charge < -0.3 is 10.6 Å². The highest BCUT2D eigenvalue weighted by atomic mass is 16.1. The highest BCUT2D eigenvalue weighted by Crippen LogP contribution is 2.11. The molecule has 1 saturated heterocycles. The molecular formula is C14H17N3O. The van der Waals surface area contributed by atoms with E-state index in [0.29, 0.717) is 24.4 Å². The van der Waals surface area contributed by atoms with Gasteiger partial charge in [0.1, 0.15) is 0 Å². The summed E-state index contributed by atoms with van der Waals surface area (Å²) in [4.78, 5) is 11.7. The monoisotopic (exact) mass is 243 g/mol. The van der Waals surface area contributed by atoms with Crippen LogP contribution < -0.4 is 10.6 Å². The number of hydrogen-bond acceptors (Lipinski definition) is 3. The largest absolute Gasteiger partial charge is 0.352 e. The van der Waals surface area contributed by atoms with Crippen molar-refractivity contribution in [3.8, 4) is 6.07 Å². The lowest BCUT2D eigenvalue weighted by molar-refractivity contribution is -0.122. The second kappa shape index (κ2) is 6.18. The molecule has 1 atom stereocenters. The molecule has 94 valence electrons. The summed E-state index contributed by atoms with van der Waals surface area (Å²) in [5, 5.41) is 14.8. The number of benzene rings is 1. The van der Waals surface area contributed by atoms with E-state index in [9.17, 15) is 4.79 Å². The fourth-order valence-electron chi connectivity index (χ4n) is 2.12. The third-order valence-corrected chi connectivity index (χ3v) is 3.21. The Kier molecular flexibility index (Phi) is 4.32. The van der Waals surface area contributed by atoms with Crippen LogP contribution in [-0.4, -0.2) is 19.0 Å². The smallest absolute Gasteiger partial charge is 0.220 e. The van der Waals surface area contributed by atoms with Crippen LogP contribution in [0.3, 0.4) is 0 Å². The SMILES string of the molecule is N#Cc1ccc(CNC(=O)CC2CCNC2)cc1. The molecule has 1 amide bonds. The van der Waals surface area contributed by atoms with E-state index >= 15 is 0 Å². The molecule has 2 rings (SSSR count). The second-order valence-electron chi connectivity index (χ2n) is 4.65. The lowest BCUT2D eigenvalue weighted by Crippen LogP contribution is -2.25. The normalized spacial score (nSPS) is 18.3. The van der Waals surface area contributed by atoms with Crippen molar-refractivity contribution < 1.29 is 4.79 Å². The quantitative estimate of drug-likeness (QED) is 0.834. The van der Waals surface area contributed by atoms with Gasteiger partial charge in [0.15, 0.2) is 0 Å². The zero-order chi connectivity index (χ0) is 12.8. The molecule has 1 aromatic rings. The number of nitrogens with one attached hydrogen (secondary N) is 2. The summed E-state index contributed by atoms with van der Waals surface area (Å²) in [6, 6.07) is 9.35. The molecular weight excluding hydrogens is 226 g/mol. The second-order valence-corrected chi connectivity index (χ2v) is 4.65. The number of nitriles is 1. The molecule has 1 fully saturated rings. The summed E-state index contributed by atoms with van der Waals surface area (Å²) >= 11 is 0. The molecule has 0 radical (unpaired) electrons. The maximum atomic E-state index is 11.7. The van der Waals surface area contributed by atoms with Crippen molar-refractivity contribution in [2.45, 2.75) is 19.4 Å². The van der Waals surface area contributed by atoms with Gasteiger partial charge in [-0.25, -0.2) is 0 Å². The Hall–Kier alpha value is -1.86. The van der Waals surface area contributed by atoms with Gasteiger partial charge in [-0.05, 0) is 43.1 Å². The third-order valence-electron chi connectivity index (χ3n) is 3.21. The average Bonchev–Trinajstić information content (AvgIpc) is 2.90. The maximum Gasteiger partial charge on any atom is 0.220 e. The number of carbonyl (C=O) groups excluding carboxylic acids is 1. The van der Waals surface area contributed by atoms with Gasteiger partial charge >= 0.3 is 0 Å². The van der Waals surface area contributed by atoms with Gasteiger partial charge in [0.05, 0.1) is 11.6 Å². The van der Waals surface area contributed by atoms with E-state index in [-0.39, 0.29) is 5.91 Å². The Morgan fingerprint density at radius 1 is 1.44 bits per heavy atom.